The number of halogens is 1. The van der Waals surface area contributed by atoms with Gasteiger partial charge < -0.3 is 5.32 Å². The van der Waals surface area contributed by atoms with E-state index in [9.17, 15) is 14.9 Å². The highest BCUT2D eigenvalue weighted by atomic mass is 79.9. The summed E-state index contributed by atoms with van der Waals surface area (Å²) in [7, 11) is 1.83. The van der Waals surface area contributed by atoms with Gasteiger partial charge in [0.25, 0.3) is 5.69 Å². The zero-order valence-electron chi connectivity index (χ0n) is 14.4. The van der Waals surface area contributed by atoms with E-state index in [0.29, 0.717) is 12.1 Å². The van der Waals surface area contributed by atoms with Crippen LogP contribution in [0.15, 0.2) is 40.9 Å². The molecule has 0 heterocycles. The maximum atomic E-state index is 12.3. The first-order valence-electron chi connectivity index (χ1n) is 7.76. The van der Waals surface area contributed by atoms with Crippen molar-refractivity contribution in [1.82, 2.24) is 4.90 Å². The quantitative estimate of drug-likeness (QED) is 0.580. The van der Waals surface area contributed by atoms with Crippen molar-refractivity contribution in [1.29, 1.82) is 0 Å². The number of likely N-dealkylation sites (N-methyl/N-ethyl adjacent to an activating group) is 1. The molecule has 0 aromatic heterocycles. The summed E-state index contributed by atoms with van der Waals surface area (Å²) in [6.07, 6.45) is 0. The lowest BCUT2D eigenvalue weighted by Gasteiger charge is -2.18. The Hall–Kier alpha value is -2.25. The summed E-state index contributed by atoms with van der Waals surface area (Å²) in [6, 6.07) is 10.9. The van der Waals surface area contributed by atoms with E-state index in [1.807, 2.05) is 43.1 Å². The molecule has 0 fully saturated rings. The van der Waals surface area contributed by atoms with Crippen molar-refractivity contribution in [3.8, 4) is 0 Å². The molecular formula is C18H20BrN3O3. The van der Waals surface area contributed by atoms with Gasteiger partial charge >= 0.3 is 0 Å². The Morgan fingerprint density at radius 2 is 1.92 bits per heavy atom. The Bertz CT molecular complexity index is 808. The van der Waals surface area contributed by atoms with Gasteiger partial charge in [0.2, 0.25) is 5.91 Å². The summed E-state index contributed by atoms with van der Waals surface area (Å²) in [5, 5.41) is 13.9. The number of carbonyl (C=O) groups is 1. The third kappa shape index (κ3) is 4.87. The Morgan fingerprint density at radius 3 is 2.56 bits per heavy atom. The van der Waals surface area contributed by atoms with Gasteiger partial charge in [0.05, 0.1) is 11.5 Å². The molecule has 0 saturated carbocycles. The number of anilines is 1. The second kappa shape index (κ2) is 8.22. The van der Waals surface area contributed by atoms with E-state index in [1.165, 1.54) is 6.07 Å². The van der Waals surface area contributed by atoms with Gasteiger partial charge in [-0.15, -0.1) is 0 Å². The van der Waals surface area contributed by atoms with Crippen LogP contribution in [0, 0.1) is 24.0 Å². The molecule has 0 aliphatic rings. The Labute approximate surface area is 155 Å². The van der Waals surface area contributed by atoms with Crippen LogP contribution in [-0.2, 0) is 11.3 Å². The fourth-order valence-electron chi connectivity index (χ4n) is 2.51. The van der Waals surface area contributed by atoms with E-state index < -0.39 is 4.92 Å². The minimum Gasteiger partial charge on any atom is -0.319 e. The SMILES string of the molecule is Cc1ccc([N+](=O)[O-])c(NC(=O)CN(C)Cc2ccccc2Br)c1C. The number of rotatable bonds is 6. The number of nitro groups is 1. The number of nitrogens with zero attached hydrogens (tertiary/aromatic N) is 2. The number of carbonyl (C=O) groups excluding carboxylic acids is 1. The Morgan fingerprint density at radius 1 is 1.24 bits per heavy atom. The molecule has 25 heavy (non-hydrogen) atoms. The largest absolute Gasteiger partial charge is 0.319 e. The second-order valence-electron chi connectivity index (χ2n) is 5.97. The van der Waals surface area contributed by atoms with E-state index in [2.05, 4.69) is 21.2 Å². The van der Waals surface area contributed by atoms with E-state index in [-0.39, 0.29) is 23.8 Å². The molecule has 132 valence electrons. The van der Waals surface area contributed by atoms with Gasteiger partial charge in [-0.1, -0.05) is 40.2 Å². The van der Waals surface area contributed by atoms with E-state index in [4.69, 9.17) is 0 Å². The van der Waals surface area contributed by atoms with E-state index >= 15 is 0 Å². The molecular weight excluding hydrogens is 386 g/mol. The Kier molecular flexibility index (Phi) is 6.27. The topological polar surface area (TPSA) is 75.5 Å². The van der Waals surface area contributed by atoms with Crippen molar-refractivity contribution in [2.45, 2.75) is 20.4 Å². The number of aryl methyl sites for hydroxylation is 1. The van der Waals surface area contributed by atoms with Gasteiger partial charge in [0, 0.05) is 17.1 Å². The molecule has 1 N–H and O–H groups in total. The standard InChI is InChI=1S/C18H20BrN3O3/c1-12-8-9-16(22(24)25)18(13(12)2)20-17(23)11-21(3)10-14-6-4-5-7-15(14)19/h4-9H,10-11H2,1-3H3,(H,20,23). The maximum absolute atomic E-state index is 12.3. The number of hydrogen-bond acceptors (Lipinski definition) is 4. The average Bonchev–Trinajstić information content (AvgIpc) is 2.53. The second-order valence-corrected chi connectivity index (χ2v) is 6.82. The van der Waals surface area contributed by atoms with Crippen LogP contribution in [0.25, 0.3) is 0 Å². The van der Waals surface area contributed by atoms with Gasteiger partial charge in [0.15, 0.2) is 0 Å². The summed E-state index contributed by atoms with van der Waals surface area (Å²) in [5.74, 6) is -0.286. The molecule has 0 aliphatic heterocycles. The fraction of sp³-hybridized carbons (Fsp3) is 0.278. The fourth-order valence-corrected chi connectivity index (χ4v) is 2.92. The first-order valence-corrected chi connectivity index (χ1v) is 8.55. The maximum Gasteiger partial charge on any atom is 0.293 e. The molecule has 0 saturated heterocycles. The molecule has 7 heteroatoms. The minimum absolute atomic E-state index is 0.0927. The highest BCUT2D eigenvalue weighted by Gasteiger charge is 2.20. The van der Waals surface area contributed by atoms with Crippen molar-refractivity contribution in [2.24, 2.45) is 0 Å². The van der Waals surface area contributed by atoms with Crippen molar-refractivity contribution >= 4 is 33.2 Å². The highest BCUT2D eigenvalue weighted by Crippen LogP contribution is 2.30. The molecule has 6 nitrogen and oxygen atoms in total. The minimum atomic E-state index is -0.479. The number of nitro benzene ring substituents is 1. The normalized spacial score (nSPS) is 10.8. The monoisotopic (exact) mass is 405 g/mol. The van der Waals surface area contributed by atoms with E-state index in [0.717, 1.165) is 15.6 Å². The van der Waals surface area contributed by atoms with Gasteiger partial charge in [-0.3, -0.25) is 19.8 Å². The predicted octanol–water partition coefficient (Wildman–Crippen LogP) is 4.04. The molecule has 2 rings (SSSR count). The first-order chi connectivity index (χ1) is 11.8. The lowest BCUT2D eigenvalue weighted by molar-refractivity contribution is -0.384. The third-order valence-electron chi connectivity index (χ3n) is 3.99. The summed E-state index contributed by atoms with van der Waals surface area (Å²) in [4.78, 5) is 24.9. The highest BCUT2D eigenvalue weighted by molar-refractivity contribution is 9.10. The van der Waals surface area contributed by atoms with E-state index in [1.54, 1.807) is 13.0 Å². The summed E-state index contributed by atoms with van der Waals surface area (Å²) in [6.45, 7) is 4.34. The third-order valence-corrected chi connectivity index (χ3v) is 4.76. The molecule has 2 aromatic rings. The smallest absolute Gasteiger partial charge is 0.293 e. The van der Waals surface area contributed by atoms with Gasteiger partial charge in [-0.25, -0.2) is 0 Å². The predicted molar refractivity (Wildman–Crippen MR) is 102 cm³/mol. The molecule has 1 amide bonds. The van der Waals surface area contributed by atoms with Gasteiger partial charge in [-0.05, 0) is 43.7 Å². The first kappa shape index (κ1) is 19.1. The molecule has 0 aliphatic carbocycles. The van der Waals surface area contributed by atoms with Crippen molar-refractivity contribution in [2.75, 3.05) is 18.9 Å². The average molecular weight is 406 g/mol. The van der Waals surface area contributed by atoms with Crippen molar-refractivity contribution in [3.05, 3.63) is 67.7 Å². The zero-order valence-corrected chi connectivity index (χ0v) is 16.0. The summed E-state index contributed by atoms with van der Waals surface area (Å²) < 4.78 is 0.979. The number of benzene rings is 2. The zero-order chi connectivity index (χ0) is 18.6. The van der Waals surface area contributed by atoms with Crippen molar-refractivity contribution < 1.29 is 9.72 Å². The number of hydrogen-bond donors (Lipinski definition) is 1. The number of nitrogens with one attached hydrogen (secondary N) is 1. The van der Waals surface area contributed by atoms with Crippen LogP contribution < -0.4 is 5.32 Å². The molecule has 0 radical (unpaired) electrons. The van der Waals surface area contributed by atoms with Crippen molar-refractivity contribution in [3.63, 3.8) is 0 Å². The van der Waals surface area contributed by atoms with Crippen LogP contribution in [0.1, 0.15) is 16.7 Å². The molecule has 0 bridgehead atoms. The summed E-state index contributed by atoms with van der Waals surface area (Å²) >= 11 is 3.49. The van der Waals surface area contributed by atoms with Crippen LogP contribution in [0.4, 0.5) is 11.4 Å². The molecule has 0 atom stereocenters. The van der Waals surface area contributed by atoms with Crippen LogP contribution >= 0.6 is 15.9 Å². The van der Waals surface area contributed by atoms with Crippen LogP contribution in [0.5, 0.6) is 0 Å². The Balaban J connectivity index is 2.09. The lowest BCUT2D eigenvalue weighted by atomic mass is 10.1. The molecule has 0 unspecified atom stereocenters. The molecule has 2 aromatic carbocycles. The summed E-state index contributed by atoms with van der Waals surface area (Å²) in [5.41, 5.74) is 2.84. The molecule has 0 spiro atoms. The van der Waals surface area contributed by atoms with Crippen LogP contribution in [-0.4, -0.2) is 29.3 Å². The van der Waals surface area contributed by atoms with Crippen LogP contribution in [0.2, 0.25) is 0 Å². The van der Waals surface area contributed by atoms with Gasteiger partial charge in [-0.2, -0.15) is 0 Å². The number of amides is 1. The van der Waals surface area contributed by atoms with Crippen LogP contribution in [0.3, 0.4) is 0 Å². The van der Waals surface area contributed by atoms with Gasteiger partial charge in [0.1, 0.15) is 5.69 Å². The lowest BCUT2D eigenvalue weighted by Crippen LogP contribution is -2.30.